The molecule has 0 amide bonds. The van der Waals surface area contributed by atoms with E-state index in [4.69, 9.17) is 23.2 Å². The van der Waals surface area contributed by atoms with Gasteiger partial charge in [0.05, 0.1) is 10.0 Å². The molecule has 0 spiro atoms. The van der Waals surface area contributed by atoms with E-state index in [9.17, 15) is 0 Å². The molecule has 1 N–H and O–H groups in total. The van der Waals surface area contributed by atoms with Gasteiger partial charge in [0, 0.05) is 0 Å². The van der Waals surface area contributed by atoms with Gasteiger partial charge < -0.3 is 5.32 Å². The maximum absolute atomic E-state index is 6.19. The van der Waals surface area contributed by atoms with E-state index in [1.807, 2.05) is 6.07 Å². The number of piperidine rings is 1. The Balaban J connectivity index is 1.84. The lowest BCUT2D eigenvalue weighted by molar-refractivity contribution is 0.231. The Morgan fingerprint density at radius 2 is 1.79 bits per heavy atom. The molecule has 1 nitrogen and oxygen atoms in total. The van der Waals surface area contributed by atoms with Gasteiger partial charge in [-0.05, 0) is 55.0 Å². The predicted molar refractivity (Wildman–Crippen MR) is 82.1 cm³/mol. The zero-order valence-electron chi connectivity index (χ0n) is 11.2. The van der Waals surface area contributed by atoms with Crippen molar-refractivity contribution in [2.45, 2.75) is 38.0 Å². The van der Waals surface area contributed by atoms with Crippen LogP contribution in [0.2, 0.25) is 10.0 Å². The number of hydrogen-bond acceptors (Lipinski definition) is 1. The van der Waals surface area contributed by atoms with Crippen molar-refractivity contribution in [2.24, 2.45) is 11.8 Å². The molecule has 3 rings (SSSR count). The Morgan fingerprint density at radius 3 is 2.53 bits per heavy atom. The highest BCUT2D eigenvalue weighted by molar-refractivity contribution is 6.42. The second-order valence-corrected chi connectivity index (χ2v) is 6.80. The minimum absolute atomic E-state index is 0.652. The predicted octanol–water partition coefficient (Wildman–Crippen LogP) is 4.88. The molecule has 0 aromatic heterocycles. The highest BCUT2D eigenvalue weighted by Crippen LogP contribution is 2.42. The average Bonchev–Trinajstić information content (AvgIpc) is 2.96. The lowest BCUT2D eigenvalue weighted by Gasteiger charge is -2.36. The standard InChI is InChI=1S/C16H21Cl2N/c17-15-6-5-12(9-16(15)18)13-7-8-19-10-14(13)11-3-1-2-4-11/h5-6,9,11,13-14,19H,1-4,7-8,10H2. The summed E-state index contributed by atoms with van der Waals surface area (Å²) in [5.41, 5.74) is 1.38. The van der Waals surface area contributed by atoms with E-state index in [0.717, 1.165) is 24.9 Å². The van der Waals surface area contributed by atoms with E-state index in [1.165, 1.54) is 37.7 Å². The van der Waals surface area contributed by atoms with E-state index in [1.54, 1.807) is 0 Å². The van der Waals surface area contributed by atoms with Gasteiger partial charge >= 0.3 is 0 Å². The summed E-state index contributed by atoms with van der Waals surface area (Å²) in [5, 5.41) is 4.94. The molecule has 104 valence electrons. The minimum atomic E-state index is 0.652. The van der Waals surface area contributed by atoms with Crippen LogP contribution in [0.25, 0.3) is 0 Å². The van der Waals surface area contributed by atoms with Gasteiger partial charge in [0.1, 0.15) is 0 Å². The molecule has 19 heavy (non-hydrogen) atoms. The Kier molecular flexibility index (Phi) is 4.36. The van der Waals surface area contributed by atoms with Crippen LogP contribution in [0.4, 0.5) is 0 Å². The fourth-order valence-corrected chi connectivity index (χ4v) is 4.23. The smallest absolute Gasteiger partial charge is 0.0595 e. The van der Waals surface area contributed by atoms with Gasteiger partial charge in [0.2, 0.25) is 0 Å². The number of nitrogens with one attached hydrogen (secondary N) is 1. The van der Waals surface area contributed by atoms with Crippen molar-refractivity contribution in [2.75, 3.05) is 13.1 Å². The zero-order chi connectivity index (χ0) is 13.2. The Hall–Kier alpha value is -0.240. The topological polar surface area (TPSA) is 12.0 Å². The van der Waals surface area contributed by atoms with Gasteiger partial charge in [-0.2, -0.15) is 0 Å². The SMILES string of the molecule is Clc1ccc(C2CCNCC2C2CCCC2)cc1Cl. The fourth-order valence-electron chi connectivity index (χ4n) is 3.92. The van der Waals surface area contributed by atoms with Crippen molar-refractivity contribution in [3.8, 4) is 0 Å². The Bertz CT molecular complexity index is 440. The molecule has 1 aromatic carbocycles. The molecule has 1 heterocycles. The highest BCUT2D eigenvalue weighted by atomic mass is 35.5. The average molecular weight is 298 g/mol. The number of halogens is 2. The van der Waals surface area contributed by atoms with Crippen LogP contribution in [-0.4, -0.2) is 13.1 Å². The van der Waals surface area contributed by atoms with Crippen molar-refractivity contribution in [1.29, 1.82) is 0 Å². The van der Waals surface area contributed by atoms with Gasteiger partial charge in [-0.1, -0.05) is 55.0 Å². The van der Waals surface area contributed by atoms with Crippen LogP contribution in [-0.2, 0) is 0 Å². The summed E-state index contributed by atoms with van der Waals surface area (Å²) >= 11 is 12.2. The van der Waals surface area contributed by atoms with Gasteiger partial charge in [0.25, 0.3) is 0 Å². The second kappa shape index (κ2) is 6.03. The van der Waals surface area contributed by atoms with Crippen molar-refractivity contribution < 1.29 is 0 Å². The highest BCUT2D eigenvalue weighted by Gasteiger charge is 2.34. The maximum Gasteiger partial charge on any atom is 0.0595 e. The first kappa shape index (κ1) is 13.7. The second-order valence-electron chi connectivity index (χ2n) is 5.98. The summed E-state index contributed by atoms with van der Waals surface area (Å²) in [7, 11) is 0. The molecule has 1 aromatic rings. The Morgan fingerprint density at radius 1 is 1.00 bits per heavy atom. The zero-order valence-corrected chi connectivity index (χ0v) is 12.7. The Labute approximate surface area is 125 Å². The summed E-state index contributed by atoms with van der Waals surface area (Å²) in [4.78, 5) is 0. The normalized spacial score (nSPS) is 28.7. The van der Waals surface area contributed by atoms with Crippen LogP contribution in [0.3, 0.4) is 0 Å². The van der Waals surface area contributed by atoms with Crippen LogP contribution in [0.15, 0.2) is 18.2 Å². The summed E-state index contributed by atoms with van der Waals surface area (Å²) in [5.74, 6) is 2.32. The molecule has 3 heteroatoms. The third-order valence-electron chi connectivity index (χ3n) is 4.91. The van der Waals surface area contributed by atoms with Crippen LogP contribution in [0.1, 0.15) is 43.6 Å². The van der Waals surface area contributed by atoms with Gasteiger partial charge in [0.15, 0.2) is 0 Å². The van der Waals surface area contributed by atoms with Crippen LogP contribution in [0.5, 0.6) is 0 Å². The van der Waals surface area contributed by atoms with E-state index in [0.29, 0.717) is 16.0 Å². The molecule has 2 atom stereocenters. The van der Waals surface area contributed by atoms with E-state index in [2.05, 4.69) is 17.4 Å². The summed E-state index contributed by atoms with van der Waals surface area (Å²) < 4.78 is 0. The van der Waals surface area contributed by atoms with Crippen LogP contribution in [0, 0.1) is 11.8 Å². The van der Waals surface area contributed by atoms with E-state index < -0.39 is 0 Å². The number of hydrogen-bond donors (Lipinski definition) is 1. The fraction of sp³-hybridized carbons (Fsp3) is 0.625. The maximum atomic E-state index is 6.19. The molecule has 2 unspecified atom stereocenters. The third-order valence-corrected chi connectivity index (χ3v) is 5.65. The van der Waals surface area contributed by atoms with Crippen molar-refractivity contribution >= 4 is 23.2 Å². The molecule has 1 saturated carbocycles. The van der Waals surface area contributed by atoms with Gasteiger partial charge in [-0.15, -0.1) is 0 Å². The van der Waals surface area contributed by atoms with Crippen molar-refractivity contribution in [3.05, 3.63) is 33.8 Å². The largest absolute Gasteiger partial charge is 0.316 e. The first-order chi connectivity index (χ1) is 9.25. The van der Waals surface area contributed by atoms with E-state index >= 15 is 0 Å². The summed E-state index contributed by atoms with van der Waals surface area (Å²) in [6, 6.07) is 6.21. The minimum Gasteiger partial charge on any atom is -0.316 e. The molecule has 2 fully saturated rings. The molecule has 0 bridgehead atoms. The van der Waals surface area contributed by atoms with Gasteiger partial charge in [-0.25, -0.2) is 0 Å². The molecule has 0 radical (unpaired) electrons. The summed E-state index contributed by atoms with van der Waals surface area (Å²) in [6.45, 7) is 2.28. The molecule has 1 aliphatic heterocycles. The lowest BCUT2D eigenvalue weighted by atomic mass is 9.73. The lowest BCUT2D eigenvalue weighted by Crippen LogP contribution is -2.38. The summed E-state index contributed by atoms with van der Waals surface area (Å²) in [6.07, 6.45) is 6.86. The van der Waals surface area contributed by atoms with Crippen LogP contribution < -0.4 is 5.32 Å². The third kappa shape index (κ3) is 2.94. The molecule has 1 saturated heterocycles. The van der Waals surface area contributed by atoms with Gasteiger partial charge in [-0.3, -0.25) is 0 Å². The van der Waals surface area contributed by atoms with Crippen LogP contribution >= 0.6 is 23.2 Å². The number of benzene rings is 1. The molecular formula is C16H21Cl2N. The molecule has 1 aliphatic carbocycles. The quantitative estimate of drug-likeness (QED) is 0.820. The van der Waals surface area contributed by atoms with E-state index in [-0.39, 0.29) is 0 Å². The van der Waals surface area contributed by atoms with Crippen molar-refractivity contribution in [3.63, 3.8) is 0 Å². The first-order valence-electron chi connectivity index (χ1n) is 7.41. The number of rotatable bonds is 2. The molecular weight excluding hydrogens is 277 g/mol. The molecule has 2 aliphatic rings. The monoisotopic (exact) mass is 297 g/mol. The first-order valence-corrected chi connectivity index (χ1v) is 8.17. The van der Waals surface area contributed by atoms with Crippen molar-refractivity contribution in [1.82, 2.24) is 5.32 Å².